The average molecular weight is 294 g/mol. The molecule has 1 aromatic carbocycles. The molecule has 20 heavy (non-hydrogen) atoms. The number of allylic oxidation sites excluding steroid dienone is 2. The Morgan fingerprint density at radius 2 is 1.90 bits per heavy atom. The van der Waals surface area contributed by atoms with Crippen molar-refractivity contribution >= 4 is 15.8 Å². The zero-order valence-electron chi connectivity index (χ0n) is 11.6. The molecular weight excluding hydrogens is 276 g/mol. The van der Waals surface area contributed by atoms with Crippen molar-refractivity contribution in [2.24, 2.45) is 11.8 Å². The van der Waals surface area contributed by atoms with Gasteiger partial charge in [0.1, 0.15) is 0 Å². The molecular formula is C15H18O4S. The van der Waals surface area contributed by atoms with Gasteiger partial charge in [0, 0.05) is 4.91 Å². The predicted molar refractivity (Wildman–Crippen MR) is 75.6 cm³/mol. The Kier molecular flexibility index (Phi) is 4.28. The molecule has 0 bridgehead atoms. The van der Waals surface area contributed by atoms with Gasteiger partial charge in [-0.2, -0.15) is 0 Å². The summed E-state index contributed by atoms with van der Waals surface area (Å²) in [6.45, 7) is 1.85. The highest BCUT2D eigenvalue weighted by Crippen LogP contribution is 2.34. The molecule has 108 valence electrons. The number of rotatable bonds is 3. The minimum Gasteiger partial charge on any atom is -0.469 e. The molecule has 4 nitrogen and oxygen atoms in total. The molecule has 0 N–H and O–H groups in total. The van der Waals surface area contributed by atoms with Crippen molar-refractivity contribution in [3.05, 3.63) is 41.3 Å². The molecule has 1 aromatic rings. The molecule has 0 saturated heterocycles. The molecule has 0 amide bonds. The van der Waals surface area contributed by atoms with Gasteiger partial charge in [-0.1, -0.05) is 31.2 Å². The summed E-state index contributed by atoms with van der Waals surface area (Å²) in [5.41, 5.74) is 0. The van der Waals surface area contributed by atoms with E-state index in [1.165, 1.54) is 7.11 Å². The Morgan fingerprint density at radius 1 is 1.25 bits per heavy atom. The second kappa shape index (κ2) is 5.79. The van der Waals surface area contributed by atoms with Crippen LogP contribution in [-0.2, 0) is 19.4 Å². The second-order valence-electron chi connectivity index (χ2n) is 4.98. The third-order valence-corrected chi connectivity index (χ3v) is 5.61. The summed E-state index contributed by atoms with van der Waals surface area (Å²) in [6.07, 6.45) is 2.57. The zero-order chi connectivity index (χ0) is 14.8. The Hall–Kier alpha value is -1.62. The van der Waals surface area contributed by atoms with Crippen molar-refractivity contribution in [1.82, 2.24) is 0 Å². The van der Waals surface area contributed by atoms with Crippen LogP contribution >= 0.6 is 0 Å². The number of ether oxygens (including phenoxy) is 1. The van der Waals surface area contributed by atoms with Gasteiger partial charge < -0.3 is 4.74 Å². The molecule has 0 heterocycles. The van der Waals surface area contributed by atoms with Gasteiger partial charge in [0.15, 0.2) is 0 Å². The molecule has 1 aliphatic carbocycles. The first kappa shape index (κ1) is 14.8. The van der Waals surface area contributed by atoms with E-state index in [1.54, 1.807) is 36.4 Å². The second-order valence-corrected chi connectivity index (χ2v) is 6.98. The van der Waals surface area contributed by atoms with Crippen LogP contribution in [0.2, 0.25) is 0 Å². The highest BCUT2D eigenvalue weighted by Gasteiger charge is 2.32. The fraction of sp³-hybridized carbons (Fsp3) is 0.400. The maximum absolute atomic E-state index is 12.5. The molecule has 0 radical (unpaired) electrons. The van der Waals surface area contributed by atoms with E-state index in [0.29, 0.717) is 22.6 Å². The molecule has 2 rings (SSSR count). The van der Waals surface area contributed by atoms with Gasteiger partial charge in [0.05, 0.1) is 17.9 Å². The van der Waals surface area contributed by atoms with Crippen molar-refractivity contribution in [3.63, 3.8) is 0 Å². The lowest BCUT2D eigenvalue weighted by molar-refractivity contribution is -0.147. The maximum atomic E-state index is 12.5. The summed E-state index contributed by atoms with van der Waals surface area (Å²) in [5.74, 6) is -0.663. The van der Waals surface area contributed by atoms with Crippen molar-refractivity contribution < 1.29 is 17.9 Å². The summed E-state index contributed by atoms with van der Waals surface area (Å²) in [5, 5.41) is 0. The summed E-state index contributed by atoms with van der Waals surface area (Å²) < 4.78 is 29.7. The SMILES string of the molecule is COC(=O)[C@@H]1CCC(S(=O)(=O)c2ccccc2)=C[C@@H]1C. The number of hydrogen-bond acceptors (Lipinski definition) is 4. The van der Waals surface area contributed by atoms with Crippen LogP contribution in [0.25, 0.3) is 0 Å². The van der Waals surface area contributed by atoms with Crippen LogP contribution in [0.1, 0.15) is 19.8 Å². The predicted octanol–water partition coefficient (Wildman–Crippen LogP) is 2.56. The number of esters is 1. The summed E-state index contributed by atoms with van der Waals surface area (Å²) in [4.78, 5) is 12.3. The standard InChI is InChI=1S/C15H18O4S/c1-11-10-13(8-9-14(11)15(16)19-2)20(17,18)12-6-4-3-5-7-12/h3-7,10-11,14H,8-9H2,1-2H3/t11-,14+/m0/s1. The van der Waals surface area contributed by atoms with E-state index in [2.05, 4.69) is 0 Å². The number of hydrogen-bond donors (Lipinski definition) is 0. The normalized spacial score (nSPS) is 23.0. The van der Waals surface area contributed by atoms with Crippen molar-refractivity contribution in [1.29, 1.82) is 0 Å². The molecule has 0 unspecified atom stereocenters. The van der Waals surface area contributed by atoms with Crippen LogP contribution in [-0.4, -0.2) is 21.5 Å². The Morgan fingerprint density at radius 3 is 2.45 bits per heavy atom. The largest absolute Gasteiger partial charge is 0.469 e. The van der Waals surface area contributed by atoms with Crippen LogP contribution in [0.4, 0.5) is 0 Å². The van der Waals surface area contributed by atoms with E-state index < -0.39 is 9.84 Å². The van der Waals surface area contributed by atoms with E-state index in [-0.39, 0.29) is 17.8 Å². The Labute approximate surface area is 119 Å². The molecule has 5 heteroatoms. The molecule has 0 fully saturated rings. The minimum absolute atomic E-state index is 0.135. The van der Waals surface area contributed by atoms with Crippen molar-refractivity contribution in [2.75, 3.05) is 7.11 Å². The van der Waals surface area contributed by atoms with Gasteiger partial charge in [0.25, 0.3) is 0 Å². The van der Waals surface area contributed by atoms with Crippen molar-refractivity contribution in [2.45, 2.75) is 24.7 Å². The maximum Gasteiger partial charge on any atom is 0.309 e. The smallest absolute Gasteiger partial charge is 0.309 e. The van der Waals surface area contributed by atoms with E-state index >= 15 is 0 Å². The minimum atomic E-state index is -3.44. The van der Waals surface area contributed by atoms with Crippen molar-refractivity contribution in [3.8, 4) is 0 Å². The van der Waals surface area contributed by atoms with Crippen LogP contribution in [0, 0.1) is 11.8 Å². The molecule has 0 spiro atoms. The van der Waals surface area contributed by atoms with Gasteiger partial charge in [-0.25, -0.2) is 8.42 Å². The lowest BCUT2D eigenvalue weighted by Gasteiger charge is -2.25. The first-order chi connectivity index (χ1) is 9.46. The van der Waals surface area contributed by atoms with Crippen LogP contribution in [0.15, 0.2) is 46.2 Å². The molecule has 1 aliphatic rings. The van der Waals surface area contributed by atoms with E-state index in [4.69, 9.17) is 4.74 Å². The topological polar surface area (TPSA) is 60.4 Å². The molecule has 0 saturated carbocycles. The zero-order valence-corrected chi connectivity index (χ0v) is 12.4. The molecule has 2 atom stereocenters. The van der Waals surface area contributed by atoms with E-state index in [0.717, 1.165) is 0 Å². The quantitative estimate of drug-likeness (QED) is 0.804. The van der Waals surface area contributed by atoms with Crippen LogP contribution in [0.5, 0.6) is 0 Å². The van der Waals surface area contributed by atoms with E-state index in [1.807, 2.05) is 6.92 Å². The van der Waals surface area contributed by atoms with Crippen LogP contribution < -0.4 is 0 Å². The summed E-state index contributed by atoms with van der Waals surface area (Å²) in [7, 11) is -2.09. The first-order valence-corrected chi connectivity index (χ1v) is 8.04. The number of sulfone groups is 1. The molecule has 0 aromatic heterocycles. The summed E-state index contributed by atoms with van der Waals surface area (Å²) in [6, 6.07) is 8.37. The van der Waals surface area contributed by atoms with Gasteiger partial charge >= 0.3 is 5.97 Å². The lowest BCUT2D eigenvalue weighted by Crippen LogP contribution is -2.26. The Bertz CT molecular complexity index is 617. The van der Waals surface area contributed by atoms with E-state index in [9.17, 15) is 13.2 Å². The first-order valence-electron chi connectivity index (χ1n) is 6.55. The highest BCUT2D eigenvalue weighted by molar-refractivity contribution is 7.95. The lowest BCUT2D eigenvalue weighted by atomic mass is 9.85. The number of carbonyl (C=O) groups excluding carboxylic acids is 1. The van der Waals surface area contributed by atoms with Gasteiger partial charge in [-0.3, -0.25) is 4.79 Å². The third kappa shape index (κ3) is 2.77. The Balaban J connectivity index is 2.30. The third-order valence-electron chi connectivity index (χ3n) is 3.69. The van der Waals surface area contributed by atoms with Gasteiger partial charge in [-0.15, -0.1) is 0 Å². The number of carbonyl (C=O) groups is 1. The van der Waals surface area contributed by atoms with Gasteiger partial charge in [-0.05, 0) is 30.9 Å². The van der Waals surface area contributed by atoms with Gasteiger partial charge in [0.2, 0.25) is 9.84 Å². The number of benzene rings is 1. The fourth-order valence-electron chi connectivity index (χ4n) is 2.51. The average Bonchev–Trinajstić information content (AvgIpc) is 2.47. The molecule has 0 aliphatic heterocycles. The monoisotopic (exact) mass is 294 g/mol. The number of methoxy groups -OCH3 is 1. The summed E-state index contributed by atoms with van der Waals surface area (Å²) >= 11 is 0. The van der Waals surface area contributed by atoms with Crippen LogP contribution in [0.3, 0.4) is 0 Å². The fourth-order valence-corrected chi connectivity index (χ4v) is 4.11. The highest BCUT2D eigenvalue weighted by atomic mass is 32.2.